The van der Waals surface area contributed by atoms with Crippen molar-refractivity contribution in [2.45, 2.75) is 52.2 Å². The van der Waals surface area contributed by atoms with E-state index in [0.717, 1.165) is 16.1 Å². The second kappa shape index (κ2) is 12.2. The molecule has 0 radical (unpaired) electrons. The molecule has 0 fully saturated rings. The second-order valence-electron chi connectivity index (χ2n) is 8.41. The van der Waals surface area contributed by atoms with Crippen LogP contribution in [0, 0.1) is 5.82 Å². The molecule has 0 saturated heterocycles. The zero-order valence-corrected chi connectivity index (χ0v) is 21.4. The van der Waals surface area contributed by atoms with Gasteiger partial charge >= 0.3 is 0 Å². The molecule has 2 aromatic carbocycles. The van der Waals surface area contributed by atoms with E-state index in [1.807, 2.05) is 19.9 Å². The Labute approximate surface area is 205 Å². The number of carbonyl (C=O) groups excluding carboxylic acids is 2. The van der Waals surface area contributed by atoms with Gasteiger partial charge in [0.05, 0.1) is 11.9 Å². The number of rotatable bonds is 11. The highest BCUT2D eigenvalue weighted by Gasteiger charge is 2.27. The average Bonchev–Trinajstić information content (AvgIpc) is 2.74. The number of nitrogens with one attached hydrogen (secondary N) is 1. The van der Waals surface area contributed by atoms with Crippen molar-refractivity contribution >= 4 is 39.1 Å². The van der Waals surface area contributed by atoms with Crippen LogP contribution in [0.1, 0.15) is 39.2 Å². The summed E-state index contributed by atoms with van der Waals surface area (Å²) >= 11 is 6.08. The number of halogens is 2. The van der Waals surface area contributed by atoms with E-state index >= 15 is 0 Å². The number of carbonyl (C=O) groups is 2. The number of anilines is 1. The van der Waals surface area contributed by atoms with Gasteiger partial charge in [-0.15, -0.1) is 0 Å². The SMILES string of the molecule is CC(C)NC(=O)[C@@H](C)N(Cc1cccc(Cl)c1)C(=O)CCCN(c1ccc(F)cc1)S(C)(=O)=O. The lowest BCUT2D eigenvalue weighted by Crippen LogP contribution is -2.49. The van der Waals surface area contributed by atoms with Crippen LogP contribution in [0.2, 0.25) is 5.02 Å². The molecule has 0 heterocycles. The van der Waals surface area contributed by atoms with Crippen molar-refractivity contribution < 1.29 is 22.4 Å². The van der Waals surface area contributed by atoms with E-state index in [-0.39, 0.29) is 43.8 Å². The van der Waals surface area contributed by atoms with E-state index in [1.165, 1.54) is 29.2 Å². The van der Waals surface area contributed by atoms with Crippen molar-refractivity contribution in [1.29, 1.82) is 0 Å². The van der Waals surface area contributed by atoms with Crippen LogP contribution in [0.3, 0.4) is 0 Å². The summed E-state index contributed by atoms with van der Waals surface area (Å²) in [6, 6.07) is 11.3. The monoisotopic (exact) mass is 511 g/mol. The molecule has 1 atom stereocenters. The fourth-order valence-corrected chi connectivity index (χ4v) is 4.61. The summed E-state index contributed by atoms with van der Waals surface area (Å²) in [4.78, 5) is 27.3. The molecule has 2 amide bonds. The molecule has 0 saturated carbocycles. The highest BCUT2D eigenvalue weighted by atomic mass is 35.5. The quantitative estimate of drug-likeness (QED) is 0.494. The molecule has 0 bridgehead atoms. The van der Waals surface area contributed by atoms with E-state index < -0.39 is 21.9 Å². The van der Waals surface area contributed by atoms with Crippen LogP contribution >= 0.6 is 11.6 Å². The summed E-state index contributed by atoms with van der Waals surface area (Å²) in [5.74, 6) is -1.05. The van der Waals surface area contributed by atoms with E-state index in [2.05, 4.69) is 5.32 Å². The Morgan fingerprint density at radius 1 is 1.09 bits per heavy atom. The van der Waals surface area contributed by atoms with Gasteiger partial charge in [0.25, 0.3) is 0 Å². The van der Waals surface area contributed by atoms with Gasteiger partial charge in [0.15, 0.2) is 0 Å². The molecule has 1 N–H and O–H groups in total. The van der Waals surface area contributed by atoms with Crippen LogP contribution < -0.4 is 9.62 Å². The predicted octanol–water partition coefficient (Wildman–Crippen LogP) is 3.97. The maximum atomic E-state index is 13.3. The zero-order valence-electron chi connectivity index (χ0n) is 19.8. The molecule has 7 nitrogen and oxygen atoms in total. The Kier molecular flexibility index (Phi) is 9.88. The number of hydrogen-bond donors (Lipinski definition) is 1. The van der Waals surface area contributed by atoms with Crippen LogP contribution in [0.15, 0.2) is 48.5 Å². The lowest BCUT2D eigenvalue weighted by molar-refractivity contribution is -0.140. The molecule has 0 aliphatic carbocycles. The Balaban J connectivity index is 2.16. The molecule has 2 aromatic rings. The maximum absolute atomic E-state index is 13.3. The number of sulfonamides is 1. The third-order valence-corrected chi connectivity index (χ3v) is 6.54. The molecule has 0 unspecified atom stereocenters. The Morgan fingerprint density at radius 2 is 1.74 bits per heavy atom. The van der Waals surface area contributed by atoms with Crippen molar-refractivity contribution in [1.82, 2.24) is 10.2 Å². The van der Waals surface area contributed by atoms with Gasteiger partial charge in [-0.2, -0.15) is 0 Å². The Morgan fingerprint density at radius 3 is 2.29 bits per heavy atom. The van der Waals surface area contributed by atoms with Crippen LogP contribution in [0.25, 0.3) is 0 Å². The summed E-state index contributed by atoms with van der Waals surface area (Å²) in [5.41, 5.74) is 1.09. The fourth-order valence-electron chi connectivity index (χ4n) is 3.43. The van der Waals surface area contributed by atoms with Crippen LogP contribution in [0.5, 0.6) is 0 Å². The number of benzene rings is 2. The first-order chi connectivity index (χ1) is 15.9. The second-order valence-corrected chi connectivity index (χ2v) is 10.7. The number of nitrogens with zero attached hydrogens (tertiary/aromatic N) is 2. The lowest BCUT2D eigenvalue weighted by atomic mass is 10.1. The van der Waals surface area contributed by atoms with E-state index in [0.29, 0.717) is 10.7 Å². The van der Waals surface area contributed by atoms with Crippen molar-refractivity contribution in [2.24, 2.45) is 0 Å². The van der Waals surface area contributed by atoms with E-state index in [1.54, 1.807) is 25.1 Å². The number of amides is 2. The third-order valence-electron chi connectivity index (χ3n) is 5.11. The molecule has 0 aliphatic heterocycles. The molecule has 0 aromatic heterocycles. The summed E-state index contributed by atoms with van der Waals surface area (Å²) in [6.45, 7) is 5.54. The van der Waals surface area contributed by atoms with E-state index in [4.69, 9.17) is 11.6 Å². The van der Waals surface area contributed by atoms with Gasteiger partial charge in [-0.3, -0.25) is 13.9 Å². The van der Waals surface area contributed by atoms with Gasteiger partial charge in [-0.1, -0.05) is 23.7 Å². The molecule has 10 heteroatoms. The maximum Gasteiger partial charge on any atom is 0.242 e. The van der Waals surface area contributed by atoms with Crippen molar-refractivity contribution in [3.8, 4) is 0 Å². The van der Waals surface area contributed by atoms with Gasteiger partial charge in [-0.05, 0) is 69.2 Å². The van der Waals surface area contributed by atoms with Crippen molar-refractivity contribution in [3.63, 3.8) is 0 Å². The molecule has 34 heavy (non-hydrogen) atoms. The Bertz CT molecular complexity index is 1090. The normalized spacial score (nSPS) is 12.3. The highest BCUT2D eigenvalue weighted by Crippen LogP contribution is 2.20. The molecule has 0 aliphatic rings. The van der Waals surface area contributed by atoms with Crippen LogP contribution in [-0.2, 0) is 26.2 Å². The topological polar surface area (TPSA) is 86.8 Å². The van der Waals surface area contributed by atoms with Gasteiger partial charge in [0.1, 0.15) is 11.9 Å². The Hall–Kier alpha value is -2.65. The first-order valence-corrected chi connectivity index (χ1v) is 13.2. The standard InChI is InChI=1S/C24H31ClFN3O4S/c1-17(2)27-24(31)18(3)28(16-19-7-5-8-20(25)15-19)23(30)9-6-14-29(34(4,32)33)22-12-10-21(26)11-13-22/h5,7-8,10-13,15,17-18H,6,9,14,16H2,1-4H3,(H,27,31)/t18-/m1/s1. The zero-order chi connectivity index (χ0) is 25.5. The predicted molar refractivity (Wildman–Crippen MR) is 133 cm³/mol. The smallest absolute Gasteiger partial charge is 0.242 e. The first kappa shape index (κ1) is 27.6. The molecular formula is C24H31ClFN3O4S. The van der Waals surface area contributed by atoms with Gasteiger partial charge < -0.3 is 10.2 Å². The number of hydrogen-bond acceptors (Lipinski definition) is 4. The van der Waals surface area contributed by atoms with Crippen LogP contribution in [-0.4, -0.2) is 50.0 Å². The molecule has 2 rings (SSSR count). The van der Waals surface area contributed by atoms with Gasteiger partial charge in [0.2, 0.25) is 21.8 Å². The summed E-state index contributed by atoms with van der Waals surface area (Å²) in [6.07, 6.45) is 1.29. The van der Waals surface area contributed by atoms with Crippen molar-refractivity contribution in [2.75, 3.05) is 17.1 Å². The minimum absolute atomic E-state index is 0.0209. The van der Waals surface area contributed by atoms with Crippen LogP contribution in [0.4, 0.5) is 10.1 Å². The van der Waals surface area contributed by atoms with Gasteiger partial charge in [-0.25, -0.2) is 12.8 Å². The summed E-state index contributed by atoms with van der Waals surface area (Å²) in [5, 5.41) is 3.34. The molecular weight excluding hydrogens is 481 g/mol. The molecule has 186 valence electrons. The summed E-state index contributed by atoms with van der Waals surface area (Å²) < 4.78 is 38.9. The minimum atomic E-state index is -3.64. The first-order valence-electron chi connectivity index (χ1n) is 11.0. The van der Waals surface area contributed by atoms with E-state index in [9.17, 15) is 22.4 Å². The highest BCUT2D eigenvalue weighted by molar-refractivity contribution is 7.92. The lowest BCUT2D eigenvalue weighted by Gasteiger charge is -2.30. The minimum Gasteiger partial charge on any atom is -0.352 e. The fraction of sp³-hybridized carbons (Fsp3) is 0.417. The largest absolute Gasteiger partial charge is 0.352 e. The molecule has 0 spiro atoms. The average molecular weight is 512 g/mol. The van der Waals surface area contributed by atoms with Crippen molar-refractivity contribution in [3.05, 3.63) is 64.9 Å². The van der Waals surface area contributed by atoms with Gasteiger partial charge in [0, 0.05) is 30.6 Å². The third kappa shape index (κ3) is 8.29. The summed E-state index contributed by atoms with van der Waals surface area (Å²) in [7, 11) is -3.64.